The average Bonchev–Trinajstić information content (AvgIpc) is 2.34. The highest BCUT2D eigenvalue weighted by molar-refractivity contribution is 6.01. The third-order valence-electron chi connectivity index (χ3n) is 2.31. The lowest BCUT2D eigenvalue weighted by Gasteiger charge is -2.23. The highest BCUT2D eigenvalue weighted by Crippen LogP contribution is 2.20. The summed E-state index contributed by atoms with van der Waals surface area (Å²) in [6.07, 6.45) is 0. The molecule has 0 fully saturated rings. The van der Waals surface area contributed by atoms with Crippen LogP contribution >= 0.6 is 0 Å². The number of nitrogens with one attached hydrogen (secondary N) is 1. The number of hydrogen-bond acceptors (Lipinski definition) is 5. The minimum absolute atomic E-state index is 0.0183. The lowest BCUT2D eigenvalue weighted by Crippen LogP contribution is -2.42. The molecule has 0 aromatic heterocycles. The van der Waals surface area contributed by atoms with Gasteiger partial charge in [-0.05, 0) is 38.5 Å². The van der Waals surface area contributed by atoms with Gasteiger partial charge in [0.15, 0.2) is 6.04 Å². The van der Waals surface area contributed by atoms with E-state index in [9.17, 15) is 19.8 Å². The van der Waals surface area contributed by atoms with Crippen molar-refractivity contribution in [1.82, 2.24) is 5.48 Å². The van der Waals surface area contributed by atoms with Crippen LogP contribution in [-0.4, -0.2) is 33.8 Å². The van der Waals surface area contributed by atoms with E-state index in [1.807, 2.05) is 0 Å². The maximum atomic E-state index is 11.3. The Kier molecular flexibility index (Phi) is 5.05. The lowest BCUT2D eigenvalue weighted by atomic mass is 10.0. The van der Waals surface area contributed by atoms with Crippen LogP contribution in [-0.2, 0) is 14.4 Å². The van der Waals surface area contributed by atoms with E-state index in [0.717, 1.165) is 0 Å². The number of aliphatic carboxylic acids is 1. The zero-order valence-electron chi connectivity index (χ0n) is 11.5. The molecular formula is C14H17NO5. The molecule has 20 heavy (non-hydrogen) atoms. The van der Waals surface area contributed by atoms with Gasteiger partial charge in [-0.2, -0.15) is 5.48 Å². The van der Waals surface area contributed by atoms with E-state index in [4.69, 9.17) is 4.84 Å². The molecule has 1 aromatic carbocycles. The quantitative estimate of drug-likeness (QED) is 0.556. The Morgan fingerprint density at radius 2 is 1.85 bits per heavy atom. The minimum Gasteiger partial charge on any atom is -0.508 e. The molecule has 0 heterocycles. The zero-order chi connectivity index (χ0) is 15.3. The fourth-order valence-corrected chi connectivity index (χ4v) is 1.39. The molecule has 1 atom stereocenters. The minimum atomic E-state index is -1.35. The van der Waals surface area contributed by atoms with Gasteiger partial charge in [0, 0.05) is 0 Å². The molecule has 0 aliphatic heterocycles. The fourth-order valence-electron chi connectivity index (χ4n) is 1.39. The maximum Gasteiger partial charge on any atom is 0.328 e. The van der Waals surface area contributed by atoms with Crippen molar-refractivity contribution in [2.45, 2.75) is 32.4 Å². The molecule has 0 amide bonds. The summed E-state index contributed by atoms with van der Waals surface area (Å²) in [4.78, 5) is 27.5. The van der Waals surface area contributed by atoms with Gasteiger partial charge in [0.2, 0.25) is 0 Å². The molecule has 0 bridgehead atoms. The second-order valence-electron chi connectivity index (χ2n) is 5.17. The Labute approximate surface area is 116 Å². The Hall–Kier alpha value is -2.14. The molecule has 1 rings (SSSR count). The van der Waals surface area contributed by atoms with Gasteiger partial charge in [0.1, 0.15) is 11.7 Å². The summed E-state index contributed by atoms with van der Waals surface area (Å²) < 4.78 is 0. The normalized spacial score (nSPS) is 12.6. The van der Waals surface area contributed by atoms with Crippen molar-refractivity contribution >= 4 is 17.5 Å². The first-order valence-corrected chi connectivity index (χ1v) is 5.95. The highest BCUT2D eigenvalue weighted by Gasteiger charge is 2.27. The second-order valence-corrected chi connectivity index (χ2v) is 5.17. The van der Waals surface area contributed by atoms with Gasteiger partial charge in [-0.25, -0.2) is 4.79 Å². The number of carbonyl (C=O) groups is 1. The van der Waals surface area contributed by atoms with Crippen LogP contribution in [0.1, 0.15) is 26.3 Å². The van der Waals surface area contributed by atoms with Crippen molar-refractivity contribution in [3.8, 4) is 5.75 Å². The molecule has 1 unspecified atom stereocenters. The largest absolute Gasteiger partial charge is 0.508 e. The van der Waals surface area contributed by atoms with Crippen LogP contribution in [0.25, 0.3) is 5.57 Å². The molecule has 0 spiro atoms. The number of carboxylic acids is 1. The van der Waals surface area contributed by atoms with Gasteiger partial charge in [-0.3, -0.25) is 9.63 Å². The van der Waals surface area contributed by atoms with Gasteiger partial charge >= 0.3 is 5.97 Å². The van der Waals surface area contributed by atoms with Crippen LogP contribution in [0.2, 0.25) is 0 Å². The molecule has 0 saturated heterocycles. The van der Waals surface area contributed by atoms with E-state index < -0.39 is 17.6 Å². The smallest absolute Gasteiger partial charge is 0.328 e. The zero-order valence-corrected chi connectivity index (χ0v) is 11.5. The van der Waals surface area contributed by atoms with Crippen LogP contribution < -0.4 is 5.48 Å². The fraction of sp³-hybridized carbons (Fsp3) is 0.357. The molecule has 0 saturated carbocycles. The monoisotopic (exact) mass is 279 g/mol. The van der Waals surface area contributed by atoms with Gasteiger partial charge in [-0.15, -0.1) is 0 Å². The number of phenols is 1. The van der Waals surface area contributed by atoms with Crippen LogP contribution in [0, 0.1) is 0 Å². The van der Waals surface area contributed by atoms with Crippen LogP contribution in [0.3, 0.4) is 0 Å². The molecule has 6 nitrogen and oxygen atoms in total. The van der Waals surface area contributed by atoms with Crippen LogP contribution in [0.5, 0.6) is 5.75 Å². The average molecular weight is 279 g/mol. The van der Waals surface area contributed by atoms with E-state index >= 15 is 0 Å². The number of hydroxylamine groups is 1. The third kappa shape index (κ3) is 4.51. The Balaban J connectivity index is 3.02. The Bertz CT molecular complexity index is 523. The first-order valence-electron chi connectivity index (χ1n) is 5.95. The number of benzene rings is 1. The maximum absolute atomic E-state index is 11.3. The van der Waals surface area contributed by atoms with Crippen molar-refractivity contribution < 1.29 is 24.6 Å². The number of carboxylic acid groups (broad SMARTS) is 1. The lowest BCUT2D eigenvalue weighted by molar-refractivity contribution is -0.146. The molecule has 6 heteroatoms. The molecular weight excluding hydrogens is 262 g/mol. The molecule has 3 N–H and O–H groups in total. The van der Waals surface area contributed by atoms with Gasteiger partial charge in [-0.1, -0.05) is 12.1 Å². The van der Waals surface area contributed by atoms with E-state index in [-0.39, 0.29) is 11.3 Å². The first kappa shape index (κ1) is 15.9. The third-order valence-corrected chi connectivity index (χ3v) is 2.31. The molecule has 0 radical (unpaired) electrons. The summed E-state index contributed by atoms with van der Waals surface area (Å²) in [7, 11) is 0. The standard InChI is InChI=1S/C14H17NO5/c1-14(2,3)20-15-12(13(18)19)11(8-16)9-4-6-10(17)7-5-9/h4-7,12,15,17H,1-3H3,(H,18,19). The van der Waals surface area contributed by atoms with Gasteiger partial charge in [0.25, 0.3) is 0 Å². The summed E-state index contributed by atoms with van der Waals surface area (Å²) in [6.45, 7) is 5.22. The number of rotatable bonds is 5. The number of aromatic hydroxyl groups is 1. The predicted molar refractivity (Wildman–Crippen MR) is 72.6 cm³/mol. The molecule has 1 aromatic rings. The molecule has 0 aliphatic rings. The Morgan fingerprint density at radius 1 is 1.30 bits per heavy atom. The molecule has 108 valence electrons. The first-order chi connectivity index (χ1) is 9.24. The van der Waals surface area contributed by atoms with Crippen molar-refractivity contribution in [2.24, 2.45) is 0 Å². The summed E-state index contributed by atoms with van der Waals surface area (Å²) in [5.74, 6) is 0.372. The summed E-state index contributed by atoms with van der Waals surface area (Å²) in [6, 6.07) is 4.23. The van der Waals surface area contributed by atoms with E-state index in [0.29, 0.717) is 5.56 Å². The number of hydrogen-bond donors (Lipinski definition) is 3. The van der Waals surface area contributed by atoms with Crippen molar-refractivity contribution in [1.29, 1.82) is 0 Å². The van der Waals surface area contributed by atoms with E-state index in [1.54, 1.807) is 26.7 Å². The van der Waals surface area contributed by atoms with Crippen LogP contribution in [0.4, 0.5) is 0 Å². The summed E-state index contributed by atoms with van der Waals surface area (Å²) in [5, 5.41) is 18.4. The summed E-state index contributed by atoms with van der Waals surface area (Å²) in [5.41, 5.74) is 1.98. The second kappa shape index (κ2) is 6.34. The van der Waals surface area contributed by atoms with Crippen molar-refractivity contribution in [2.75, 3.05) is 0 Å². The van der Waals surface area contributed by atoms with Gasteiger partial charge in [0.05, 0.1) is 11.2 Å². The highest BCUT2D eigenvalue weighted by atomic mass is 16.7. The van der Waals surface area contributed by atoms with Crippen molar-refractivity contribution in [3.63, 3.8) is 0 Å². The topological polar surface area (TPSA) is 95.9 Å². The Morgan fingerprint density at radius 3 is 2.25 bits per heavy atom. The molecule has 0 aliphatic carbocycles. The van der Waals surface area contributed by atoms with E-state index in [1.165, 1.54) is 24.3 Å². The summed E-state index contributed by atoms with van der Waals surface area (Å²) >= 11 is 0. The predicted octanol–water partition coefficient (Wildman–Crippen LogP) is 1.38. The number of phenolic OH excluding ortho intramolecular Hbond substituents is 1. The SMILES string of the molecule is CC(C)(C)ONC(C(=O)O)C(=C=O)c1ccc(O)cc1. The van der Waals surface area contributed by atoms with Crippen molar-refractivity contribution in [3.05, 3.63) is 29.8 Å². The van der Waals surface area contributed by atoms with Crippen LogP contribution in [0.15, 0.2) is 24.3 Å². The van der Waals surface area contributed by atoms with E-state index in [2.05, 4.69) is 5.48 Å². The van der Waals surface area contributed by atoms with Gasteiger partial charge < -0.3 is 10.2 Å². The number of carbonyl (C=O) groups excluding carboxylic acids is 1.